The maximum atomic E-state index is 12.5. The summed E-state index contributed by atoms with van der Waals surface area (Å²) in [5.74, 6) is 0.543. The monoisotopic (exact) mass is 254 g/mol. The fraction of sp³-hybridized carbons (Fsp3) is 0.857. The molecule has 4 heteroatoms. The van der Waals surface area contributed by atoms with E-state index in [0.717, 1.165) is 13.0 Å². The molecule has 0 radical (unpaired) electrons. The van der Waals surface area contributed by atoms with E-state index in [2.05, 4.69) is 0 Å². The molecule has 1 saturated heterocycles. The molecule has 0 bridgehead atoms. The number of carbonyl (C=O) groups is 2. The first-order valence-corrected chi connectivity index (χ1v) is 6.70. The lowest BCUT2D eigenvalue weighted by Gasteiger charge is -2.36. The van der Waals surface area contributed by atoms with Crippen molar-refractivity contribution in [3.8, 4) is 0 Å². The standard InChI is InChI=1S/C14H26N2O2/c1-10(2)15(6)13(18)14(4,5)12-7-8-16(9-12)11(3)17/h10,12H,7-9H2,1-6H3. The first-order valence-electron chi connectivity index (χ1n) is 6.70. The number of hydrogen-bond donors (Lipinski definition) is 0. The van der Waals surface area contributed by atoms with Crippen LogP contribution in [0.2, 0.25) is 0 Å². The zero-order chi connectivity index (χ0) is 14.1. The summed E-state index contributed by atoms with van der Waals surface area (Å²) in [4.78, 5) is 27.5. The van der Waals surface area contributed by atoms with Crippen LogP contribution in [0.3, 0.4) is 0 Å². The van der Waals surface area contributed by atoms with Gasteiger partial charge in [-0.2, -0.15) is 0 Å². The third-order valence-electron chi connectivity index (χ3n) is 4.30. The van der Waals surface area contributed by atoms with E-state index in [-0.39, 0.29) is 23.8 Å². The molecule has 1 rings (SSSR count). The Kier molecular flexibility index (Phi) is 4.41. The zero-order valence-corrected chi connectivity index (χ0v) is 12.5. The minimum Gasteiger partial charge on any atom is -0.343 e. The van der Waals surface area contributed by atoms with E-state index in [1.54, 1.807) is 11.8 Å². The molecule has 1 aliphatic heterocycles. The van der Waals surface area contributed by atoms with Gasteiger partial charge in [0.1, 0.15) is 0 Å². The summed E-state index contributed by atoms with van der Waals surface area (Å²) in [5, 5.41) is 0. The lowest BCUT2D eigenvalue weighted by molar-refractivity contribution is -0.143. The maximum Gasteiger partial charge on any atom is 0.228 e. The smallest absolute Gasteiger partial charge is 0.228 e. The van der Waals surface area contributed by atoms with Crippen molar-refractivity contribution in [2.75, 3.05) is 20.1 Å². The van der Waals surface area contributed by atoms with Gasteiger partial charge in [-0.1, -0.05) is 13.8 Å². The third kappa shape index (κ3) is 2.85. The fourth-order valence-electron chi connectivity index (χ4n) is 2.50. The Bertz CT molecular complexity index is 337. The summed E-state index contributed by atoms with van der Waals surface area (Å²) in [6.45, 7) is 11.1. The predicted molar refractivity (Wildman–Crippen MR) is 72.0 cm³/mol. The Morgan fingerprint density at radius 3 is 2.28 bits per heavy atom. The Hall–Kier alpha value is -1.06. The van der Waals surface area contributed by atoms with Crippen LogP contribution in [0.25, 0.3) is 0 Å². The lowest BCUT2D eigenvalue weighted by atomic mass is 9.77. The highest BCUT2D eigenvalue weighted by molar-refractivity contribution is 5.82. The second-order valence-electron chi connectivity index (χ2n) is 6.18. The molecular formula is C14H26N2O2. The summed E-state index contributed by atoms with van der Waals surface area (Å²) >= 11 is 0. The normalized spacial score (nSPS) is 20.4. The highest BCUT2D eigenvalue weighted by atomic mass is 16.2. The molecule has 0 aromatic rings. The summed E-state index contributed by atoms with van der Waals surface area (Å²) < 4.78 is 0. The number of rotatable bonds is 3. The van der Waals surface area contributed by atoms with Crippen LogP contribution in [0.4, 0.5) is 0 Å². The molecule has 18 heavy (non-hydrogen) atoms. The van der Waals surface area contributed by atoms with Crippen molar-refractivity contribution < 1.29 is 9.59 Å². The van der Waals surface area contributed by atoms with E-state index < -0.39 is 5.41 Å². The summed E-state index contributed by atoms with van der Waals surface area (Å²) in [5.41, 5.74) is -0.400. The number of nitrogens with zero attached hydrogens (tertiary/aromatic N) is 2. The van der Waals surface area contributed by atoms with E-state index in [0.29, 0.717) is 6.54 Å². The molecule has 4 nitrogen and oxygen atoms in total. The van der Waals surface area contributed by atoms with Gasteiger partial charge in [0.25, 0.3) is 0 Å². The lowest BCUT2D eigenvalue weighted by Crippen LogP contribution is -2.46. The minimum absolute atomic E-state index is 0.109. The molecule has 104 valence electrons. The van der Waals surface area contributed by atoms with Crippen LogP contribution in [-0.4, -0.2) is 47.8 Å². The Labute approximate surface area is 110 Å². The Morgan fingerprint density at radius 2 is 1.89 bits per heavy atom. The molecule has 0 saturated carbocycles. The Morgan fingerprint density at radius 1 is 1.33 bits per heavy atom. The Balaban J connectivity index is 2.76. The average Bonchev–Trinajstić information content (AvgIpc) is 2.76. The van der Waals surface area contributed by atoms with Crippen molar-refractivity contribution in [1.82, 2.24) is 9.80 Å². The molecule has 0 aromatic heterocycles. The van der Waals surface area contributed by atoms with Crippen LogP contribution in [0.15, 0.2) is 0 Å². The van der Waals surface area contributed by atoms with Gasteiger partial charge >= 0.3 is 0 Å². The minimum atomic E-state index is -0.400. The molecule has 0 spiro atoms. The molecule has 1 heterocycles. The van der Waals surface area contributed by atoms with Crippen LogP contribution in [0, 0.1) is 11.3 Å². The number of likely N-dealkylation sites (tertiary alicyclic amines) is 1. The second-order valence-corrected chi connectivity index (χ2v) is 6.18. The average molecular weight is 254 g/mol. The van der Waals surface area contributed by atoms with Gasteiger partial charge in [-0.25, -0.2) is 0 Å². The van der Waals surface area contributed by atoms with Gasteiger partial charge in [0.15, 0.2) is 0 Å². The molecule has 1 unspecified atom stereocenters. The second kappa shape index (κ2) is 5.29. The van der Waals surface area contributed by atoms with Crippen molar-refractivity contribution in [3.05, 3.63) is 0 Å². The van der Waals surface area contributed by atoms with E-state index >= 15 is 0 Å². The van der Waals surface area contributed by atoms with E-state index in [1.807, 2.05) is 39.6 Å². The SMILES string of the molecule is CC(=O)N1CCC(C(C)(C)C(=O)N(C)C(C)C)C1. The van der Waals surface area contributed by atoms with Crippen LogP contribution in [0.5, 0.6) is 0 Å². The molecule has 0 aromatic carbocycles. The van der Waals surface area contributed by atoms with Gasteiger partial charge < -0.3 is 9.80 Å². The molecular weight excluding hydrogens is 228 g/mol. The van der Waals surface area contributed by atoms with Crippen LogP contribution in [0.1, 0.15) is 41.0 Å². The van der Waals surface area contributed by atoms with E-state index in [9.17, 15) is 9.59 Å². The quantitative estimate of drug-likeness (QED) is 0.770. The fourth-order valence-corrected chi connectivity index (χ4v) is 2.50. The zero-order valence-electron chi connectivity index (χ0n) is 12.5. The maximum absolute atomic E-state index is 12.5. The van der Waals surface area contributed by atoms with Gasteiger partial charge in [0.05, 0.1) is 0 Å². The first-order chi connectivity index (χ1) is 8.17. The molecule has 1 atom stereocenters. The molecule has 0 N–H and O–H groups in total. The van der Waals surface area contributed by atoms with Crippen molar-refractivity contribution in [1.29, 1.82) is 0 Å². The summed E-state index contributed by atoms with van der Waals surface area (Å²) in [7, 11) is 1.85. The third-order valence-corrected chi connectivity index (χ3v) is 4.30. The van der Waals surface area contributed by atoms with Crippen molar-refractivity contribution in [3.63, 3.8) is 0 Å². The predicted octanol–water partition coefficient (Wildman–Crippen LogP) is 1.75. The number of carbonyl (C=O) groups excluding carboxylic acids is 2. The van der Waals surface area contributed by atoms with Gasteiger partial charge in [-0.3, -0.25) is 9.59 Å². The molecule has 1 fully saturated rings. The van der Waals surface area contributed by atoms with Crippen molar-refractivity contribution in [2.24, 2.45) is 11.3 Å². The molecule has 0 aliphatic carbocycles. The number of hydrogen-bond acceptors (Lipinski definition) is 2. The van der Waals surface area contributed by atoms with Crippen molar-refractivity contribution >= 4 is 11.8 Å². The summed E-state index contributed by atoms with van der Waals surface area (Å²) in [6.07, 6.45) is 0.921. The van der Waals surface area contributed by atoms with Crippen LogP contribution in [-0.2, 0) is 9.59 Å². The van der Waals surface area contributed by atoms with E-state index in [1.165, 1.54) is 0 Å². The summed E-state index contributed by atoms with van der Waals surface area (Å²) in [6, 6.07) is 0.210. The van der Waals surface area contributed by atoms with Crippen molar-refractivity contribution in [2.45, 2.75) is 47.1 Å². The highest BCUT2D eigenvalue weighted by Gasteiger charge is 2.42. The topological polar surface area (TPSA) is 40.6 Å². The van der Waals surface area contributed by atoms with Gasteiger partial charge in [-0.15, -0.1) is 0 Å². The molecule has 2 amide bonds. The van der Waals surface area contributed by atoms with Crippen LogP contribution >= 0.6 is 0 Å². The first kappa shape index (κ1) is 15.0. The van der Waals surface area contributed by atoms with E-state index in [4.69, 9.17) is 0 Å². The molecule has 1 aliphatic rings. The van der Waals surface area contributed by atoms with Crippen LogP contribution < -0.4 is 0 Å². The van der Waals surface area contributed by atoms with Gasteiger partial charge in [-0.05, 0) is 26.2 Å². The van der Waals surface area contributed by atoms with Gasteiger partial charge in [0.2, 0.25) is 11.8 Å². The highest BCUT2D eigenvalue weighted by Crippen LogP contribution is 2.36. The van der Waals surface area contributed by atoms with Gasteiger partial charge in [0, 0.05) is 38.5 Å². The largest absolute Gasteiger partial charge is 0.343 e. The number of amides is 2.